The van der Waals surface area contributed by atoms with Crippen LogP contribution in [0.25, 0.3) is 0 Å². The molecule has 0 saturated heterocycles. The van der Waals surface area contributed by atoms with Gasteiger partial charge in [0, 0.05) is 11.3 Å². The van der Waals surface area contributed by atoms with Crippen LogP contribution in [0.2, 0.25) is 0 Å². The van der Waals surface area contributed by atoms with Gasteiger partial charge in [-0.2, -0.15) is 0 Å². The molecule has 0 aromatic heterocycles. The molecular weight excluding hydrogens is 258 g/mol. The zero-order valence-corrected chi connectivity index (χ0v) is 13.1. The highest BCUT2D eigenvalue weighted by molar-refractivity contribution is 5.49. The van der Waals surface area contributed by atoms with E-state index in [1.54, 1.807) is 6.07 Å². The standard InChI is InChI=1S/C19H25NO/c1-4-14(3)15-10-12-16(13-11-15)20-18(5-2)17-8-6-7-9-19(17)21/h6-14,18,20-21H,4-5H2,1-3H3. The Bertz CT molecular complexity index is 562. The molecule has 2 heteroatoms. The summed E-state index contributed by atoms with van der Waals surface area (Å²) in [4.78, 5) is 0. The highest BCUT2D eigenvalue weighted by Crippen LogP contribution is 2.29. The summed E-state index contributed by atoms with van der Waals surface area (Å²) in [5.41, 5.74) is 3.42. The number of aromatic hydroxyl groups is 1. The van der Waals surface area contributed by atoms with Crippen LogP contribution in [0.3, 0.4) is 0 Å². The van der Waals surface area contributed by atoms with Crippen molar-refractivity contribution in [3.63, 3.8) is 0 Å². The van der Waals surface area contributed by atoms with Crippen LogP contribution in [0.4, 0.5) is 5.69 Å². The normalized spacial score (nSPS) is 13.7. The van der Waals surface area contributed by atoms with Crippen LogP contribution in [0.1, 0.15) is 56.7 Å². The Labute approximate surface area is 127 Å². The first-order valence-electron chi connectivity index (χ1n) is 7.80. The second-order valence-corrected chi connectivity index (χ2v) is 5.60. The summed E-state index contributed by atoms with van der Waals surface area (Å²) in [7, 11) is 0. The van der Waals surface area contributed by atoms with Gasteiger partial charge in [0.1, 0.15) is 5.75 Å². The van der Waals surface area contributed by atoms with Crippen molar-refractivity contribution in [1.82, 2.24) is 0 Å². The third-order valence-electron chi connectivity index (χ3n) is 4.15. The van der Waals surface area contributed by atoms with E-state index < -0.39 is 0 Å². The maximum Gasteiger partial charge on any atom is 0.120 e. The van der Waals surface area contributed by atoms with Crippen LogP contribution in [0.15, 0.2) is 48.5 Å². The number of hydrogen-bond acceptors (Lipinski definition) is 2. The van der Waals surface area contributed by atoms with Crippen LogP contribution in [0, 0.1) is 0 Å². The van der Waals surface area contributed by atoms with Crippen LogP contribution in [-0.2, 0) is 0 Å². The Balaban J connectivity index is 2.14. The van der Waals surface area contributed by atoms with Gasteiger partial charge >= 0.3 is 0 Å². The average molecular weight is 283 g/mol. The minimum atomic E-state index is 0.126. The summed E-state index contributed by atoms with van der Waals surface area (Å²) in [5.74, 6) is 0.951. The van der Waals surface area contributed by atoms with Crippen molar-refractivity contribution in [2.45, 2.75) is 45.6 Å². The molecule has 0 saturated carbocycles. The molecule has 0 aliphatic carbocycles. The molecule has 0 aliphatic rings. The minimum absolute atomic E-state index is 0.126. The highest BCUT2D eigenvalue weighted by Gasteiger charge is 2.13. The molecule has 0 bridgehead atoms. The summed E-state index contributed by atoms with van der Waals surface area (Å²) >= 11 is 0. The number of nitrogens with one attached hydrogen (secondary N) is 1. The van der Waals surface area contributed by atoms with Gasteiger partial charge in [-0.3, -0.25) is 0 Å². The van der Waals surface area contributed by atoms with Crippen molar-refractivity contribution in [2.24, 2.45) is 0 Å². The third kappa shape index (κ3) is 3.78. The summed E-state index contributed by atoms with van der Waals surface area (Å²) in [5, 5.41) is 13.5. The zero-order chi connectivity index (χ0) is 15.2. The Morgan fingerprint density at radius 1 is 0.952 bits per heavy atom. The van der Waals surface area contributed by atoms with Gasteiger partial charge in [-0.05, 0) is 42.5 Å². The minimum Gasteiger partial charge on any atom is -0.508 e. The van der Waals surface area contributed by atoms with E-state index in [1.807, 2.05) is 18.2 Å². The van der Waals surface area contributed by atoms with E-state index in [-0.39, 0.29) is 6.04 Å². The molecule has 0 aliphatic heterocycles. The molecule has 2 aromatic carbocycles. The molecule has 0 heterocycles. The maximum atomic E-state index is 10.00. The highest BCUT2D eigenvalue weighted by atomic mass is 16.3. The van der Waals surface area contributed by atoms with Crippen molar-refractivity contribution in [3.8, 4) is 5.75 Å². The molecule has 2 unspecified atom stereocenters. The Morgan fingerprint density at radius 2 is 1.62 bits per heavy atom. The van der Waals surface area contributed by atoms with E-state index in [9.17, 15) is 5.11 Å². The lowest BCUT2D eigenvalue weighted by Crippen LogP contribution is -2.09. The van der Waals surface area contributed by atoms with Gasteiger partial charge in [-0.15, -0.1) is 0 Å². The first kappa shape index (κ1) is 15.4. The maximum absolute atomic E-state index is 10.00. The number of phenols is 1. The van der Waals surface area contributed by atoms with Crippen molar-refractivity contribution in [2.75, 3.05) is 5.32 Å². The van der Waals surface area contributed by atoms with Gasteiger partial charge in [-0.1, -0.05) is 51.1 Å². The molecule has 2 nitrogen and oxygen atoms in total. The van der Waals surface area contributed by atoms with E-state index in [2.05, 4.69) is 50.4 Å². The molecule has 112 valence electrons. The van der Waals surface area contributed by atoms with E-state index in [0.717, 1.165) is 24.1 Å². The smallest absolute Gasteiger partial charge is 0.120 e. The number of hydrogen-bond donors (Lipinski definition) is 2. The first-order valence-corrected chi connectivity index (χ1v) is 7.80. The van der Waals surface area contributed by atoms with Crippen LogP contribution >= 0.6 is 0 Å². The van der Waals surface area contributed by atoms with Crippen LogP contribution in [-0.4, -0.2) is 5.11 Å². The summed E-state index contributed by atoms with van der Waals surface area (Å²) < 4.78 is 0. The van der Waals surface area contributed by atoms with Crippen molar-refractivity contribution in [3.05, 3.63) is 59.7 Å². The van der Waals surface area contributed by atoms with E-state index in [0.29, 0.717) is 11.7 Å². The topological polar surface area (TPSA) is 32.3 Å². The summed E-state index contributed by atoms with van der Waals surface area (Å²) in [6.45, 7) is 6.58. The van der Waals surface area contributed by atoms with E-state index in [4.69, 9.17) is 0 Å². The fraction of sp³-hybridized carbons (Fsp3) is 0.368. The van der Waals surface area contributed by atoms with Gasteiger partial charge in [-0.25, -0.2) is 0 Å². The molecule has 0 spiro atoms. The average Bonchev–Trinajstić information content (AvgIpc) is 2.53. The van der Waals surface area contributed by atoms with Gasteiger partial charge in [0.2, 0.25) is 0 Å². The Kier molecular flexibility index (Phi) is 5.26. The number of para-hydroxylation sites is 1. The zero-order valence-electron chi connectivity index (χ0n) is 13.1. The summed E-state index contributed by atoms with van der Waals surface area (Å²) in [6, 6.07) is 16.3. The SMILES string of the molecule is CCC(C)c1ccc(NC(CC)c2ccccc2O)cc1. The number of benzene rings is 2. The molecule has 2 atom stereocenters. The Morgan fingerprint density at radius 3 is 2.19 bits per heavy atom. The fourth-order valence-corrected chi connectivity index (χ4v) is 2.53. The van der Waals surface area contributed by atoms with Crippen molar-refractivity contribution < 1.29 is 5.11 Å². The number of rotatable bonds is 6. The predicted molar refractivity (Wildman–Crippen MR) is 89.9 cm³/mol. The molecule has 0 radical (unpaired) electrons. The number of anilines is 1. The molecule has 2 aromatic rings. The van der Waals surface area contributed by atoms with Gasteiger partial charge in [0.25, 0.3) is 0 Å². The third-order valence-corrected chi connectivity index (χ3v) is 4.15. The second-order valence-electron chi connectivity index (χ2n) is 5.60. The molecule has 21 heavy (non-hydrogen) atoms. The first-order chi connectivity index (χ1) is 10.2. The second kappa shape index (κ2) is 7.16. The molecular formula is C19H25NO. The predicted octanol–water partition coefficient (Wildman–Crippen LogP) is 5.47. The van der Waals surface area contributed by atoms with Crippen molar-refractivity contribution in [1.29, 1.82) is 0 Å². The lowest BCUT2D eigenvalue weighted by atomic mass is 9.98. The lowest BCUT2D eigenvalue weighted by molar-refractivity contribution is 0.463. The molecule has 0 amide bonds. The molecule has 0 fully saturated rings. The van der Waals surface area contributed by atoms with Gasteiger partial charge in [0.05, 0.1) is 6.04 Å². The number of phenolic OH excluding ortho intramolecular Hbond substituents is 1. The van der Waals surface area contributed by atoms with Gasteiger partial charge < -0.3 is 10.4 Å². The van der Waals surface area contributed by atoms with Gasteiger partial charge in [0.15, 0.2) is 0 Å². The molecule has 2 rings (SSSR count). The largest absolute Gasteiger partial charge is 0.508 e. The monoisotopic (exact) mass is 283 g/mol. The lowest BCUT2D eigenvalue weighted by Gasteiger charge is -2.20. The van der Waals surface area contributed by atoms with E-state index >= 15 is 0 Å². The fourth-order valence-electron chi connectivity index (χ4n) is 2.53. The van der Waals surface area contributed by atoms with Crippen LogP contribution in [0.5, 0.6) is 5.75 Å². The summed E-state index contributed by atoms with van der Waals surface area (Å²) in [6.07, 6.45) is 2.08. The van der Waals surface area contributed by atoms with Crippen LogP contribution < -0.4 is 5.32 Å². The van der Waals surface area contributed by atoms with E-state index in [1.165, 1.54) is 5.56 Å². The molecule has 2 N–H and O–H groups in total. The van der Waals surface area contributed by atoms with Crippen molar-refractivity contribution >= 4 is 5.69 Å². The Hall–Kier alpha value is -1.96. The quantitative estimate of drug-likeness (QED) is 0.737.